The molecule has 0 aromatic heterocycles. The Kier molecular flexibility index (Phi) is 14.9. The van der Waals surface area contributed by atoms with Gasteiger partial charge >= 0.3 is 29.9 Å². The van der Waals surface area contributed by atoms with Crippen LogP contribution in [0.4, 0.5) is 39.5 Å². The lowest BCUT2D eigenvalue weighted by Crippen LogP contribution is -2.60. The van der Waals surface area contributed by atoms with E-state index in [9.17, 15) is 44.3 Å². The number of esters is 1. The molecule has 0 radical (unpaired) electrons. The number of rotatable bonds is 17. The molecule has 3 rings (SSSR count). The fourth-order valence-electron chi connectivity index (χ4n) is 7.49. The summed E-state index contributed by atoms with van der Waals surface area (Å²) < 4.78 is 128. The van der Waals surface area contributed by atoms with E-state index in [4.69, 9.17) is 9.47 Å². The predicted octanol–water partition coefficient (Wildman–Crippen LogP) is 11.5. The molecule has 0 atom stereocenters. The van der Waals surface area contributed by atoms with Crippen molar-refractivity contribution in [2.45, 2.75) is 178 Å². The number of hydrogen-bond acceptors (Lipinski definition) is 3. The normalized spacial score (nSPS) is 28.7. The summed E-state index contributed by atoms with van der Waals surface area (Å²) in [6.45, 7) is 2.12. The summed E-state index contributed by atoms with van der Waals surface area (Å²) >= 11 is 0. The summed E-state index contributed by atoms with van der Waals surface area (Å²) in [5, 5.41) is 0. The van der Waals surface area contributed by atoms with Gasteiger partial charge in [-0.15, -0.1) is 0 Å². The van der Waals surface area contributed by atoms with Crippen LogP contribution < -0.4 is 0 Å². The van der Waals surface area contributed by atoms with Crippen LogP contribution >= 0.6 is 0 Å². The summed E-state index contributed by atoms with van der Waals surface area (Å²) in [7, 11) is 0. The molecule has 0 aromatic rings. The Labute approximate surface area is 268 Å². The van der Waals surface area contributed by atoms with Crippen molar-refractivity contribution in [1.29, 1.82) is 0 Å². The van der Waals surface area contributed by atoms with Gasteiger partial charge in [0.2, 0.25) is 0 Å². The van der Waals surface area contributed by atoms with Crippen LogP contribution in [-0.2, 0) is 14.3 Å². The van der Waals surface area contributed by atoms with Crippen LogP contribution in [0.25, 0.3) is 0 Å². The zero-order valence-corrected chi connectivity index (χ0v) is 27.1. The quantitative estimate of drug-likeness (QED) is 0.0871. The smallest absolute Gasteiger partial charge is 0.460 e. The zero-order valence-electron chi connectivity index (χ0n) is 27.1. The number of hydrogen-bond donors (Lipinski definition) is 0. The molecule has 0 N–H and O–H groups in total. The van der Waals surface area contributed by atoms with Gasteiger partial charge in [-0.3, -0.25) is 4.79 Å². The fourth-order valence-corrected chi connectivity index (χ4v) is 7.49. The van der Waals surface area contributed by atoms with Crippen LogP contribution in [0.1, 0.15) is 142 Å². The lowest BCUT2D eigenvalue weighted by molar-refractivity contribution is -0.396. The van der Waals surface area contributed by atoms with Crippen molar-refractivity contribution in [3.8, 4) is 0 Å². The third-order valence-electron chi connectivity index (χ3n) is 10.7. The van der Waals surface area contributed by atoms with E-state index in [1.165, 1.54) is 64.2 Å². The Bertz CT molecular complexity index is 887. The van der Waals surface area contributed by atoms with Gasteiger partial charge in [-0.2, -0.15) is 39.5 Å². The Morgan fingerprint density at radius 1 is 0.587 bits per heavy atom. The monoisotopic (exact) mass is 680 g/mol. The van der Waals surface area contributed by atoms with Crippen LogP contribution in [0.2, 0.25) is 0 Å². The molecule has 0 heterocycles. The predicted molar refractivity (Wildman–Crippen MR) is 157 cm³/mol. The third-order valence-corrected chi connectivity index (χ3v) is 10.7. The maximum absolute atomic E-state index is 13.7. The van der Waals surface area contributed by atoms with E-state index in [2.05, 4.69) is 6.92 Å². The topological polar surface area (TPSA) is 35.5 Å². The second kappa shape index (κ2) is 17.5. The van der Waals surface area contributed by atoms with Crippen molar-refractivity contribution >= 4 is 5.97 Å². The Morgan fingerprint density at radius 3 is 1.61 bits per heavy atom. The van der Waals surface area contributed by atoms with E-state index >= 15 is 0 Å². The molecule has 0 bridgehead atoms. The van der Waals surface area contributed by atoms with E-state index in [0.717, 1.165) is 37.5 Å². The van der Waals surface area contributed by atoms with Gasteiger partial charge in [-0.1, -0.05) is 71.1 Å². The van der Waals surface area contributed by atoms with Gasteiger partial charge in [0.05, 0.1) is 12.0 Å². The molecule has 3 saturated carbocycles. The van der Waals surface area contributed by atoms with Gasteiger partial charge in [0.25, 0.3) is 0 Å². The molecule has 3 nitrogen and oxygen atoms in total. The molecule has 3 aliphatic rings. The molecule has 0 aromatic carbocycles. The van der Waals surface area contributed by atoms with Gasteiger partial charge in [-0.25, -0.2) is 0 Å². The van der Waals surface area contributed by atoms with E-state index in [1.54, 1.807) is 0 Å². The number of carbonyl (C=O) groups is 1. The standard InChI is InChI=1S/C34H53F9O3/c1-2-3-4-7-24-8-10-25(11-9-24)12-13-26-14-18-29(19-15-26)46-30(44)27-16-20-28(21-17-27)45-23-6-5-22-31(35,36)32(37,38)33(39,40)34(41,42)43/h24-29H,2-23H2,1H3. The second-order valence-corrected chi connectivity index (χ2v) is 14.2. The molecular formula is C34H53F9O3. The molecule has 12 heteroatoms. The van der Waals surface area contributed by atoms with E-state index in [-0.39, 0.29) is 37.1 Å². The second-order valence-electron chi connectivity index (χ2n) is 14.2. The highest BCUT2D eigenvalue weighted by Crippen LogP contribution is 2.54. The maximum atomic E-state index is 13.7. The molecule has 270 valence electrons. The number of halogens is 9. The molecule has 0 amide bonds. The van der Waals surface area contributed by atoms with Gasteiger partial charge < -0.3 is 9.47 Å². The first-order valence-corrected chi connectivity index (χ1v) is 17.6. The first kappa shape index (κ1) is 39.2. The molecule has 0 aliphatic heterocycles. The Morgan fingerprint density at radius 2 is 1.09 bits per heavy atom. The minimum absolute atomic E-state index is 0.0575. The SMILES string of the molecule is CCCCCC1CCC(CCC2CCC(OC(=O)C3CCC(OCCCCC(F)(F)C(F)(F)C(F)(F)C(F)(F)F)CC3)CC2)CC1. The highest BCUT2D eigenvalue weighted by molar-refractivity contribution is 5.72. The summed E-state index contributed by atoms with van der Waals surface area (Å²) in [6, 6.07) is 0. The van der Waals surface area contributed by atoms with Crippen molar-refractivity contribution in [2.75, 3.05) is 6.61 Å². The molecule has 46 heavy (non-hydrogen) atoms. The average molecular weight is 681 g/mol. The van der Waals surface area contributed by atoms with Crippen molar-refractivity contribution < 1.29 is 53.8 Å². The maximum Gasteiger partial charge on any atom is 0.460 e. The summed E-state index contributed by atoms with van der Waals surface area (Å²) in [6.07, 6.45) is 9.59. The van der Waals surface area contributed by atoms with Gasteiger partial charge in [0.15, 0.2) is 0 Å². The molecule has 0 saturated heterocycles. The molecular weight excluding hydrogens is 627 g/mol. The van der Waals surface area contributed by atoms with E-state index in [1.807, 2.05) is 0 Å². The van der Waals surface area contributed by atoms with Crippen molar-refractivity contribution in [3.05, 3.63) is 0 Å². The van der Waals surface area contributed by atoms with Crippen molar-refractivity contribution in [2.24, 2.45) is 23.7 Å². The van der Waals surface area contributed by atoms with Crippen LogP contribution in [0.3, 0.4) is 0 Å². The Hall–Kier alpha value is -1.20. The molecule has 3 fully saturated rings. The number of carbonyl (C=O) groups excluding carboxylic acids is 1. The summed E-state index contributed by atoms with van der Waals surface area (Å²) in [5.74, 6) is -16.9. The number of ether oxygens (including phenoxy) is 2. The first-order valence-electron chi connectivity index (χ1n) is 17.6. The van der Waals surface area contributed by atoms with E-state index in [0.29, 0.717) is 31.6 Å². The van der Waals surface area contributed by atoms with Crippen LogP contribution in [0, 0.1) is 23.7 Å². The van der Waals surface area contributed by atoms with Gasteiger partial charge in [0.1, 0.15) is 6.10 Å². The number of unbranched alkanes of at least 4 members (excludes halogenated alkanes) is 3. The fraction of sp³-hybridized carbons (Fsp3) is 0.971. The Balaban J connectivity index is 1.24. The zero-order chi connectivity index (χ0) is 34.0. The van der Waals surface area contributed by atoms with Crippen molar-refractivity contribution in [3.63, 3.8) is 0 Å². The first-order chi connectivity index (χ1) is 21.6. The molecule has 0 spiro atoms. The minimum Gasteiger partial charge on any atom is -0.462 e. The lowest BCUT2D eigenvalue weighted by Gasteiger charge is -2.33. The van der Waals surface area contributed by atoms with Gasteiger partial charge in [0, 0.05) is 13.0 Å². The minimum atomic E-state index is -6.86. The summed E-state index contributed by atoms with van der Waals surface area (Å²) in [5.41, 5.74) is 0. The largest absolute Gasteiger partial charge is 0.462 e. The molecule has 0 unspecified atom stereocenters. The van der Waals surface area contributed by atoms with Crippen LogP contribution in [0.15, 0.2) is 0 Å². The third kappa shape index (κ3) is 10.9. The van der Waals surface area contributed by atoms with Crippen LogP contribution in [-0.4, -0.2) is 48.7 Å². The highest BCUT2D eigenvalue weighted by Gasteiger charge is 2.81. The van der Waals surface area contributed by atoms with E-state index < -0.39 is 36.8 Å². The highest BCUT2D eigenvalue weighted by atomic mass is 19.4. The van der Waals surface area contributed by atoms with Gasteiger partial charge in [-0.05, 0) is 82.0 Å². The average Bonchev–Trinajstić information content (AvgIpc) is 3.01. The van der Waals surface area contributed by atoms with Crippen LogP contribution in [0.5, 0.6) is 0 Å². The lowest BCUT2D eigenvalue weighted by atomic mass is 9.76. The molecule has 3 aliphatic carbocycles. The summed E-state index contributed by atoms with van der Waals surface area (Å²) in [4.78, 5) is 12.8. The number of alkyl halides is 9. The van der Waals surface area contributed by atoms with Crippen molar-refractivity contribution in [1.82, 2.24) is 0 Å².